The average molecular weight is 350 g/mol. The molecule has 1 aliphatic rings. The van der Waals surface area contributed by atoms with Crippen molar-refractivity contribution in [2.24, 2.45) is 0 Å². The third-order valence-electron chi connectivity index (χ3n) is 3.91. The molecule has 1 heterocycles. The van der Waals surface area contributed by atoms with Crippen molar-refractivity contribution in [3.8, 4) is 5.75 Å². The van der Waals surface area contributed by atoms with Gasteiger partial charge in [-0.05, 0) is 38.1 Å². The highest BCUT2D eigenvalue weighted by Crippen LogP contribution is 2.25. The van der Waals surface area contributed by atoms with Gasteiger partial charge in [0.25, 0.3) is 11.8 Å². The molecule has 0 radical (unpaired) electrons. The number of carbonyl (C=O) groups is 3. The predicted octanol–water partition coefficient (Wildman–Crippen LogP) is 3.06. The van der Waals surface area contributed by atoms with Gasteiger partial charge in [0, 0.05) is 5.56 Å². The second-order valence-corrected chi connectivity index (χ2v) is 5.76. The van der Waals surface area contributed by atoms with Gasteiger partial charge in [0.15, 0.2) is 0 Å². The monoisotopic (exact) mass is 350 g/mol. The molecule has 1 aliphatic heterocycles. The zero-order chi connectivity index (χ0) is 18.7. The van der Waals surface area contributed by atoms with Crippen molar-refractivity contribution in [1.29, 1.82) is 0 Å². The summed E-state index contributed by atoms with van der Waals surface area (Å²) in [7, 11) is 0. The number of hydrogen-bond acceptors (Lipinski definition) is 4. The van der Waals surface area contributed by atoms with Crippen molar-refractivity contribution in [3.63, 3.8) is 0 Å². The van der Waals surface area contributed by atoms with Gasteiger partial charge in [-0.2, -0.15) is 0 Å². The Balaban J connectivity index is 2.02. The number of nitrogens with one attached hydrogen (secondary N) is 1. The number of imide groups is 2. The van der Waals surface area contributed by atoms with E-state index >= 15 is 0 Å². The van der Waals surface area contributed by atoms with Gasteiger partial charge in [-0.25, -0.2) is 9.69 Å². The number of hydrogen-bond donors (Lipinski definition) is 1. The fraction of sp³-hybridized carbons (Fsp3) is 0.150. The topological polar surface area (TPSA) is 75.7 Å². The van der Waals surface area contributed by atoms with Gasteiger partial charge < -0.3 is 4.74 Å². The van der Waals surface area contributed by atoms with Crippen molar-refractivity contribution < 1.29 is 19.1 Å². The SMILES string of the molecule is CCOc1ccccc1C=C1C(=O)NC(=O)N(c2ccc(C)cc2)C1=O. The third kappa shape index (κ3) is 3.35. The van der Waals surface area contributed by atoms with Crippen LogP contribution in [0.1, 0.15) is 18.1 Å². The minimum Gasteiger partial charge on any atom is -0.493 e. The van der Waals surface area contributed by atoms with Gasteiger partial charge in [0.1, 0.15) is 11.3 Å². The van der Waals surface area contributed by atoms with Crippen LogP contribution in [0.5, 0.6) is 5.75 Å². The first-order chi connectivity index (χ1) is 12.5. The van der Waals surface area contributed by atoms with Crippen LogP contribution < -0.4 is 15.0 Å². The van der Waals surface area contributed by atoms with E-state index in [1.807, 2.05) is 13.8 Å². The zero-order valence-corrected chi connectivity index (χ0v) is 14.5. The molecule has 1 saturated heterocycles. The Morgan fingerprint density at radius 2 is 1.73 bits per heavy atom. The van der Waals surface area contributed by atoms with Crippen molar-refractivity contribution in [1.82, 2.24) is 5.32 Å². The van der Waals surface area contributed by atoms with Gasteiger partial charge in [-0.1, -0.05) is 35.9 Å². The van der Waals surface area contributed by atoms with Gasteiger partial charge >= 0.3 is 6.03 Å². The fourth-order valence-corrected chi connectivity index (χ4v) is 2.63. The van der Waals surface area contributed by atoms with Crippen molar-refractivity contribution in [3.05, 3.63) is 65.2 Å². The molecule has 6 heteroatoms. The number of anilines is 1. The van der Waals surface area contributed by atoms with E-state index in [1.165, 1.54) is 6.08 Å². The molecule has 6 nitrogen and oxygen atoms in total. The first-order valence-corrected chi connectivity index (χ1v) is 8.21. The number of amides is 4. The van der Waals surface area contributed by atoms with Crippen LogP contribution in [-0.4, -0.2) is 24.5 Å². The van der Waals surface area contributed by atoms with E-state index in [4.69, 9.17) is 4.74 Å². The lowest BCUT2D eigenvalue weighted by molar-refractivity contribution is -0.122. The molecule has 1 fully saturated rings. The van der Waals surface area contributed by atoms with E-state index < -0.39 is 17.8 Å². The smallest absolute Gasteiger partial charge is 0.335 e. The van der Waals surface area contributed by atoms with Crippen molar-refractivity contribution >= 4 is 29.6 Å². The number of carbonyl (C=O) groups excluding carboxylic acids is 3. The van der Waals surface area contributed by atoms with Crippen LogP contribution in [0.3, 0.4) is 0 Å². The van der Waals surface area contributed by atoms with Crippen LogP contribution in [-0.2, 0) is 9.59 Å². The molecule has 0 aliphatic carbocycles. The maximum Gasteiger partial charge on any atom is 0.335 e. The van der Waals surface area contributed by atoms with E-state index in [0.29, 0.717) is 23.6 Å². The van der Waals surface area contributed by atoms with Crippen LogP contribution in [0.2, 0.25) is 0 Å². The predicted molar refractivity (Wildman–Crippen MR) is 97.8 cm³/mol. The van der Waals surface area contributed by atoms with E-state index in [9.17, 15) is 14.4 Å². The van der Waals surface area contributed by atoms with E-state index in [-0.39, 0.29) is 5.57 Å². The molecule has 2 aromatic carbocycles. The molecule has 3 rings (SSSR count). The molecule has 132 valence electrons. The van der Waals surface area contributed by atoms with E-state index in [2.05, 4.69) is 5.32 Å². The summed E-state index contributed by atoms with van der Waals surface area (Å²) in [6.07, 6.45) is 1.44. The quantitative estimate of drug-likeness (QED) is 0.679. The van der Waals surface area contributed by atoms with Crippen LogP contribution in [0, 0.1) is 6.92 Å². The molecule has 1 N–H and O–H groups in total. The molecule has 26 heavy (non-hydrogen) atoms. The summed E-state index contributed by atoms with van der Waals surface area (Å²) in [6.45, 7) is 4.20. The Kier molecular flexibility index (Phi) is 4.84. The second kappa shape index (κ2) is 7.23. The number of aryl methyl sites for hydroxylation is 1. The standard InChI is InChI=1S/C20H18N2O4/c1-3-26-17-7-5-4-6-14(17)12-16-18(23)21-20(25)22(19(16)24)15-10-8-13(2)9-11-15/h4-12H,3H2,1-2H3,(H,21,23,25). The highest BCUT2D eigenvalue weighted by Gasteiger charge is 2.36. The Hall–Kier alpha value is -3.41. The van der Waals surface area contributed by atoms with Crippen LogP contribution in [0.4, 0.5) is 10.5 Å². The van der Waals surface area contributed by atoms with Crippen LogP contribution in [0.15, 0.2) is 54.1 Å². The summed E-state index contributed by atoms with van der Waals surface area (Å²) in [5.41, 5.74) is 1.86. The lowest BCUT2D eigenvalue weighted by Crippen LogP contribution is -2.54. The Morgan fingerprint density at radius 3 is 2.42 bits per heavy atom. The molecule has 0 bridgehead atoms. The molecule has 4 amide bonds. The summed E-state index contributed by atoms with van der Waals surface area (Å²) in [5.74, 6) is -0.842. The fourth-order valence-electron chi connectivity index (χ4n) is 2.63. The number of barbiturate groups is 1. The molecule has 0 aromatic heterocycles. The normalized spacial score (nSPS) is 16.0. The zero-order valence-electron chi connectivity index (χ0n) is 14.5. The Bertz CT molecular complexity index is 900. The summed E-state index contributed by atoms with van der Waals surface area (Å²) < 4.78 is 5.53. The number of nitrogens with zero attached hydrogens (tertiary/aromatic N) is 1. The minimum absolute atomic E-state index is 0.127. The summed E-state index contributed by atoms with van der Waals surface area (Å²) in [4.78, 5) is 38.2. The molecule has 0 atom stereocenters. The molecule has 2 aromatic rings. The van der Waals surface area contributed by atoms with Crippen molar-refractivity contribution in [2.75, 3.05) is 11.5 Å². The first-order valence-electron chi connectivity index (χ1n) is 8.21. The van der Waals surface area contributed by atoms with Crippen LogP contribution >= 0.6 is 0 Å². The lowest BCUT2D eigenvalue weighted by Gasteiger charge is -2.26. The molecule has 0 saturated carbocycles. The maximum absolute atomic E-state index is 12.8. The number of para-hydroxylation sites is 1. The number of rotatable bonds is 4. The average Bonchev–Trinajstić information content (AvgIpc) is 2.61. The number of ether oxygens (including phenoxy) is 1. The van der Waals surface area contributed by atoms with Gasteiger partial charge in [-0.15, -0.1) is 0 Å². The first kappa shape index (κ1) is 17.4. The summed E-state index contributed by atoms with van der Waals surface area (Å²) in [5, 5.41) is 2.21. The summed E-state index contributed by atoms with van der Waals surface area (Å²) in [6, 6.07) is 13.2. The summed E-state index contributed by atoms with van der Waals surface area (Å²) >= 11 is 0. The third-order valence-corrected chi connectivity index (χ3v) is 3.91. The Labute approximate surface area is 151 Å². The minimum atomic E-state index is -0.765. The van der Waals surface area contributed by atoms with E-state index in [1.54, 1.807) is 48.5 Å². The molecule has 0 unspecified atom stereocenters. The largest absolute Gasteiger partial charge is 0.493 e. The molecule has 0 spiro atoms. The van der Waals surface area contributed by atoms with Gasteiger partial charge in [-0.3, -0.25) is 14.9 Å². The highest BCUT2D eigenvalue weighted by atomic mass is 16.5. The molecular weight excluding hydrogens is 332 g/mol. The Morgan fingerprint density at radius 1 is 1.04 bits per heavy atom. The van der Waals surface area contributed by atoms with Crippen LogP contribution in [0.25, 0.3) is 6.08 Å². The number of urea groups is 1. The maximum atomic E-state index is 12.8. The highest BCUT2D eigenvalue weighted by molar-refractivity contribution is 6.39. The van der Waals surface area contributed by atoms with Crippen molar-refractivity contribution in [2.45, 2.75) is 13.8 Å². The lowest BCUT2D eigenvalue weighted by atomic mass is 10.1. The van der Waals surface area contributed by atoms with E-state index in [0.717, 1.165) is 10.5 Å². The number of benzene rings is 2. The van der Waals surface area contributed by atoms with Gasteiger partial charge in [0.2, 0.25) is 0 Å². The molecular formula is C20H18N2O4. The second-order valence-electron chi connectivity index (χ2n) is 5.76. The van der Waals surface area contributed by atoms with Gasteiger partial charge in [0.05, 0.1) is 12.3 Å².